The number of ether oxygens (including phenoxy) is 1. The van der Waals surface area contributed by atoms with Crippen molar-refractivity contribution >= 4 is 5.97 Å². The van der Waals surface area contributed by atoms with Crippen molar-refractivity contribution in [2.45, 2.75) is 135 Å². The molecule has 0 radical (unpaired) electrons. The Morgan fingerprint density at radius 2 is 1.08 bits per heavy atom. The first-order chi connectivity index (χ1) is 12.7. The van der Waals surface area contributed by atoms with Crippen LogP contribution in [0.2, 0.25) is 0 Å². The highest BCUT2D eigenvalue weighted by Gasteiger charge is 2.06. The van der Waals surface area contributed by atoms with Crippen molar-refractivity contribution in [3.8, 4) is 0 Å². The van der Waals surface area contributed by atoms with E-state index in [2.05, 4.69) is 6.92 Å². The van der Waals surface area contributed by atoms with Gasteiger partial charge in [-0.2, -0.15) is 0 Å². The first-order valence-corrected chi connectivity index (χ1v) is 11.4. The fraction of sp³-hybridized carbons (Fsp3) is 0.957. The summed E-state index contributed by atoms with van der Waals surface area (Å²) in [6.45, 7) is 2.28. The second kappa shape index (κ2) is 20.7. The highest BCUT2D eigenvalue weighted by atomic mass is 16.5. The molecular formula is C23H46O3. The van der Waals surface area contributed by atoms with Gasteiger partial charge in [0.1, 0.15) is 0 Å². The Morgan fingerprint density at radius 1 is 0.692 bits per heavy atom. The molecular weight excluding hydrogens is 324 g/mol. The molecule has 0 aliphatic carbocycles. The lowest BCUT2D eigenvalue weighted by Gasteiger charge is -2.15. The van der Waals surface area contributed by atoms with Crippen molar-refractivity contribution in [1.82, 2.24) is 0 Å². The average molecular weight is 371 g/mol. The lowest BCUT2D eigenvalue weighted by Crippen LogP contribution is -2.10. The molecule has 1 N–H and O–H groups in total. The third-order valence-electron chi connectivity index (χ3n) is 5.38. The summed E-state index contributed by atoms with van der Waals surface area (Å²) < 4.78 is 5.65. The molecule has 0 aromatic heterocycles. The van der Waals surface area contributed by atoms with Gasteiger partial charge in [-0.25, -0.2) is 0 Å². The zero-order chi connectivity index (χ0) is 19.3. The average Bonchev–Trinajstić information content (AvgIpc) is 2.63. The fourth-order valence-electron chi connectivity index (χ4n) is 3.59. The van der Waals surface area contributed by atoms with Crippen LogP contribution in [-0.4, -0.2) is 24.3 Å². The quantitative estimate of drug-likeness (QED) is 0.212. The molecule has 3 heteroatoms. The highest BCUT2D eigenvalue weighted by molar-refractivity contribution is 5.66. The molecule has 0 saturated heterocycles. The molecule has 0 fully saturated rings. The van der Waals surface area contributed by atoms with Gasteiger partial charge in [-0.15, -0.1) is 0 Å². The summed E-state index contributed by atoms with van der Waals surface area (Å²) in [4.78, 5) is 10.4. The minimum absolute atomic E-state index is 0.328. The van der Waals surface area contributed by atoms with Gasteiger partial charge in [-0.1, -0.05) is 103 Å². The maximum Gasteiger partial charge on any atom is 0.303 e. The van der Waals surface area contributed by atoms with Crippen LogP contribution in [0.5, 0.6) is 0 Å². The minimum atomic E-state index is -0.664. The maximum absolute atomic E-state index is 10.4. The van der Waals surface area contributed by atoms with Crippen LogP contribution < -0.4 is 0 Å². The Hall–Kier alpha value is -0.570. The summed E-state index contributed by atoms with van der Waals surface area (Å²) >= 11 is 0. The van der Waals surface area contributed by atoms with Crippen molar-refractivity contribution < 1.29 is 14.6 Å². The van der Waals surface area contributed by atoms with E-state index in [0.717, 1.165) is 12.8 Å². The Balaban J connectivity index is 3.31. The van der Waals surface area contributed by atoms with Gasteiger partial charge in [-0.05, 0) is 19.3 Å². The number of carboxylic acid groups (broad SMARTS) is 1. The van der Waals surface area contributed by atoms with Crippen LogP contribution in [-0.2, 0) is 9.53 Å². The van der Waals surface area contributed by atoms with Gasteiger partial charge in [0.2, 0.25) is 0 Å². The van der Waals surface area contributed by atoms with Gasteiger partial charge in [-0.3, -0.25) is 4.79 Å². The fourth-order valence-corrected chi connectivity index (χ4v) is 3.59. The predicted octanol–water partition coefficient (Wildman–Crippen LogP) is 7.52. The van der Waals surface area contributed by atoms with Crippen molar-refractivity contribution in [2.75, 3.05) is 7.11 Å². The van der Waals surface area contributed by atoms with E-state index in [1.807, 2.05) is 7.11 Å². The van der Waals surface area contributed by atoms with Gasteiger partial charge in [0.05, 0.1) is 6.10 Å². The van der Waals surface area contributed by atoms with Crippen LogP contribution in [0.15, 0.2) is 0 Å². The van der Waals surface area contributed by atoms with Gasteiger partial charge in [0, 0.05) is 13.5 Å². The van der Waals surface area contributed by atoms with Crippen molar-refractivity contribution in [2.24, 2.45) is 0 Å². The van der Waals surface area contributed by atoms with E-state index in [9.17, 15) is 4.79 Å². The number of hydrogen-bond acceptors (Lipinski definition) is 2. The van der Waals surface area contributed by atoms with Gasteiger partial charge in [0.15, 0.2) is 0 Å². The summed E-state index contributed by atoms with van der Waals surface area (Å²) in [5.74, 6) is -0.664. The van der Waals surface area contributed by atoms with Crippen molar-refractivity contribution in [3.63, 3.8) is 0 Å². The number of carboxylic acids is 1. The second-order valence-electron chi connectivity index (χ2n) is 7.88. The molecule has 0 aliphatic heterocycles. The highest BCUT2D eigenvalue weighted by Crippen LogP contribution is 2.17. The van der Waals surface area contributed by atoms with Gasteiger partial charge >= 0.3 is 5.97 Å². The summed E-state index contributed by atoms with van der Waals surface area (Å²) in [6, 6.07) is 0. The van der Waals surface area contributed by atoms with Crippen LogP contribution in [0, 0.1) is 0 Å². The Labute approximate surface area is 163 Å². The molecule has 0 rings (SSSR count). The topological polar surface area (TPSA) is 46.5 Å². The van der Waals surface area contributed by atoms with Crippen LogP contribution in [0.1, 0.15) is 129 Å². The van der Waals surface area contributed by atoms with Crippen LogP contribution in [0.4, 0.5) is 0 Å². The zero-order valence-electron chi connectivity index (χ0n) is 17.8. The van der Waals surface area contributed by atoms with Gasteiger partial charge < -0.3 is 9.84 Å². The van der Waals surface area contributed by atoms with E-state index >= 15 is 0 Å². The Bertz CT molecular complexity index is 291. The molecule has 1 unspecified atom stereocenters. The van der Waals surface area contributed by atoms with Crippen LogP contribution in [0.25, 0.3) is 0 Å². The smallest absolute Gasteiger partial charge is 0.303 e. The standard InChI is InChI=1S/C23H46O3/c1-3-4-5-6-7-8-10-13-16-19-22(26-2)20-17-14-11-9-12-15-18-21-23(24)25/h22H,3-21H2,1-2H3,(H,24,25). The molecule has 0 bridgehead atoms. The van der Waals surface area contributed by atoms with E-state index < -0.39 is 5.97 Å². The lowest BCUT2D eigenvalue weighted by molar-refractivity contribution is -0.137. The van der Waals surface area contributed by atoms with E-state index in [0.29, 0.717) is 12.5 Å². The SMILES string of the molecule is CCCCCCCCCCCC(CCCCCCCCCC(=O)O)OC. The van der Waals surface area contributed by atoms with Crippen molar-refractivity contribution in [1.29, 1.82) is 0 Å². The number of aliphatic carboxylic acids is 1. The Morgan fingerprint density at radius 3 is 1.46 bits per heavy atom. The first kappa shape index (κ1) is 25.4. The zero-order valence-corrected chi connectivity index (χ0v) is 17.8. The largest absolute Gasteiger partial charge is 0.481 e. The first-order valence-electron chi connectivity index (χ1n) is 11.4. The second-order valence-corrected chi connectivity index (χ2v) is 7.88. The van der Waals surface area contributed by atoms with E-state index in [-0.39, 0.29) is 0 Å². The molecule has 26 heavy (non-hydrogen) atoms. The maximum atomic E-state index is 10.4. The number of hydrogen-bond donors (Lipinski definition) is 1. The molecule has 0 aliphatic rings. The molecule has 0 spiro atoms. The molecule has 0 aromatic carbocycles. The number of unbranched alkanes of at least 4 members (excludes halogenated alkanes) is 14. The summed E-state index contributed by atoms with van der Waals surface area (Å²) in [6.07, 6.45) is 23.9. The third-order valence-corrected chi connectivity index (χ3v) is 5.38. The van der Waals surface area contributed by atoms with E-state index in [1.165, 1.54) is 103 Å². The van der Waals surface area contributed by atoms with Crippen LogP contribution >= 0.6 is 0 Å². The number of methoxy groups -OCH3 is 1. The normalized spacial score (nSPS) is 12.4. The van der Waals surface area contributed by atoms with E-state index in [4.69, 9.17) is 9.84 Å². The monoisotopic (exact) mass is 370 g/mol. The summed E-state index contributed by atoms with van der Waals surface area (Å²) in [5.41, 5.74) is 0. The molecule has 156 valence electrons. The summed E-state index contributed by atoms with van der Waals surface area (Å²) in [5, 5.41) is 8.59. The predicted molar refractivity (Wildman–Crippen MR) is 112 cm³/mol. The molecule has 3 nitrogen and oxygen atoms in total. The molecule has 0 saturated carbocycles. The molecule has 0 aromatic rings. The summed E-state index contributed by atoms with van der Waals surface area (Å²) in [7, 11) is 1.86. The molecule has 1 atom stereocenters. The lowest BCUT2D eigenvalue weighted by atomic mass is 10.0. The number of rotatable bonds is 21. The number of carbonyl (C=O) groups is 1. The third kappa shape index (κ3) is 19.8. The van der Waals surface area contributed by atoms with Crippen molar-refractivity contribution in [3.05, 3.63) is 0 Å². The molecule has 0 amide bonds. The van der Waals surface area contributed by atoms with Crippen LogP contribution in [0.3, 0.4) is 0 Å². The van der Waals surface area contributed by atoms with E-state index in [1.54, 1.807) is 0 Å². The minimum Gasteiger partial charge on any atom is -0.481 e. The Kier molecular flexibility index (Phi) is 20.3. The van der Waals surface area contributed by atoms with Gasteiger partial charge in [0.25, 0.3) is 0 Å². The molecule has 0 heterocycles.